The molecule has 6 atom stereocenters. The summed E-state index contributed by atoms with van der Waals surface area (Å²) in [5.41, 5.74) is 1.43. The van der Waals surface area contributed by atoms with E-state index >= 15 is 0 Å². The predicted molar refractivity (Wildman–Crippen MR) is 169 cm³/mol. The van der Waals surface area contributed by atoms with Crippen molar-refractivity contribution >= 4 is 46.6 Å². The highest BCUT2D eigenvalue weighted by atomic mass is 35.5. The highest BCUT2D eigenvalue weighted by Gasteiger charge is 2.68. The molecule has 6 unspecified atom stereocenters. The SMILES string of the molecule is CCc1ccc(N2C(=O)C3CC=C4C(CC5C(=O)N(c6ccc(F)c(Cl)c6)C(=O)C5(C)C4c4cccc(OC)c4O)C3C2=O)cc1. The molecule has 4 aliphatic rings. The Kier molecular flexibility index (Phi) is 7.08. The van der Waals surface area contributed by atoms with Gasteiger partial charge >= 0.3 is 0 Å². The first-order chi connectivity index (χ1) is 22.0. The molecule has 2 aliphatic heterocycles. The van der Waals surface area contributed by atoms with E-state index in [4.69, 9.17) is 16.3 Å². The van der Waals surface area contributed by atoms with Gasteiger partial charge in [0.25, 0.3) is 0 Å². The van der Waals surface area contributed by atoms with Crippen molar-refractivity contribution in [2.24, 2.45) is 29.1 Å². The molecule has 3 fully saturated rings. The zero-order chi connectivity index (χ0) is 32.7. The molecule has 4 amide bonds. The summed E-state index contributed by atoms with van der Waals surface area (Å²) in [6.07, 6.45) is 3.14. The number of hydrogen-bond donors (Lipinski definition) is 1. The summed E-state index contributed by atoms with van der Waals surface area (Å²) >= 11 is 6.07. The van der Waals surface area contributed by atoms with Gasteiger partial charge in [-0.2, -0.15) is 0 Å². The molecule has 1 N–H and O–H groups in total. The highest BCUT2D eigenvalue weighted by Crippen LogP contribution is 2.65. The molecule has 3 aromatic rings. The fourth-order valence-electron chi connectivity index (χ4n) is 8.30. The number of benzene rings is 3. The van der Waals surface area contributed by atoms with Crippen LogP contribution < -0.4 is 14.5 Å². The number of nitrogens with zero attached hydrogens (tertiary/aromatic N) is 2. The second-order valence-electron chi connectivity index (χ2n) is 12.7. The highest BCUT2D eigenvalue weighted by molar-refractivity contribution is 6.32. The Balaban J connectivity index is 1.37. The molecule has 0 radical (unpaired) electrons. The number of halogens is 2. The first kappa shape index (κ1) is 30.2. The topological polar surface area (TPSA) is 104 Å². The minimum absolute atomic E-state index is 0.134. The molecule has 0 spiro atoms. The molecular formula is C36H32ClFN2O6. The van der Waals surface area contributed by atoms with Crippen molar-refractivity contribution < 1.29 is 33.4 Å². The first-order valence-electron chi connectivity index (χ1n) is 15.4. The number of amides is 4. The number of rotatable bonds is 5. The fourth-order valence-corrected chi connectivity index (χ4v) is 8.48. The van der Waals surface area contributed by atoms with Crippen LogP contribution in [0.3, 0.4) is 0 Å². The number of aryl methyl sites for hydroxylation is 1. The van der Waals surface area contributed by atoms with Gasteiger partial charge in [0.05, 0.1) is 46.7 Å². The number of anilines is 2. The van der Waals surface area contributed by atoms with Gasteiger partial charge in [-0.05, 0) is 74.1 Å². The van der Waals surface area contributed by atoms with Crippen LogP contribution >= 0.6 is 11.6 Å². The summed E-state index contributed by atoms with van der Waals surface area (Å²) in [4.78, 5) is 59.2. The van der Waals surface area contributed by atoms with Gasteiger partial charge in [0.1, 0.15) is 5.82 Å². The number of methoxy groups -OCH3 is 1. The summed E-state index contributed by atoms with van der Waals surface area (Å²) in [6.45, 7) is 3.73. The van der Waals surface area contributed by atoms with Gasteiger partial charge in [-0.15, -0.1) is 0 Å². The van der Waals surface area contributed by atoms with Crippen LogP contribution in [0.4, 0.5) is 15.8 Å². The molecule has 2 aliphatic carbocycles. The van der Waals surface area contributed by atoms with Crippen LogP contribution in [0.1, 0.15) is 43.7 Å². The van der Waals surface area contributed by atoms with Crippen LogP contribution in [0.2, 0.25) is 5.02 Å². The number of phenolic OH excluding ortho intramolecular Hbond substituents is 1. The third-order valence-corrected chi connectivity index (χ3v) is 10.9. The van der Waals surface area contributed by atoms with Crippen LogP contribution in [-0.4, -0.2) is 35.8 Å². The maximum atomic E-state index is 14.5. The van der Waals surface area contributed by atoms with Gasteiger partial charge in [0.15, 0.2) is 11.5 Å². The number of ether oxygens (including phenoxy) is 1. The van der Waals surface area contributed by atoms with Crippen molar-refractivity contribution in [3.05, 3.63) is 94.3 Å². The van der Waals surface area contributed by atoms with Gasteiger partial charge in [-0.25, -0.2) is 9.29 Å². The number of imide groups is 2. The molecule has 46 heavy (non-hydrogen) atoms. The number of aromatic hydroxyl groups is 1. The summed E-state index contributed by atoms with van der Waals surface area (Å²) < 4.78 is 19.5. The van der Waals surface area contributed by atoms with E-state index in [1.807, 2.05) is 25.1 Å². The lowest BCUT2D eigenvalue weighted by atomic mass is 9.51. The standard InChI is InChI=1S/C36H32ClFN2O6/c1-4-18-8-10-19(11-9-18)39-32(42)22-14-13-21-24(29(22)34(39)44)17-25-33(43)40(20-12-15-27(38)26(37)16-20)35(45)36(25,2)30(21)23-6-5-7-28(46-3)31(23)41/h5-13,15-16,22,24-25,29-30,41H,4,14,17H2,1-3H3. The fraction of sp³-hybridized carbons (Fsp3) is 0.333. The summed E-state index contributed by atoms with van der Waals surface area (Å²) in [7, 11) is 1.42. The van der Waals surface area contributed by atoms with Gasteiger partial charge in [0, 0.05) is 11.5 Å². The van der Waals surface area contributed by atoms with E-state index in [1.54, 1.807) is 37.3 Å². The number of carbonyl (C=O) groups excluding carboxylic acids is 4. The Hall–Kier alpha value is -4.50. The Morgan fingerprint density at radius 3 is 2.35 bits per heavy atom. The number of phenols is 1. The molecule has 10 heteroatoms. The third-order valence-electron chi connectivity index (χ3n) is 10.6. The van der Waals surface area contributed by atoms with E-state index in [-0.39, 0.29) is 46.9 Å². The number of allylic oxidation sites excluding steroid dienone is 2. The summed E-state index contributed by atoms with van der Waals surface area (Å²) in [5, 5.41) is 11.2. The van der Waals surface area contributed by atoms with Crippen LogP contribution in [0.5, 0.6) is 11.5 Å². The number of para-hydroxylation sites is 1. The second kappa shape index (κ2) is 10.8. The Bertz CT molecular complexity index is 1860. The average molecular weight is 643 g/mol. The molecule has 1 saturated carbocycles. The van der Waals surface area contributed by atoms with E-state index < -0.39 is 52.6 Å². The molecule has 3 aromatic carbocycles. The lowest BCUT2D eigenvalue weighted by Gasteiger charge is -2.49. The largest absolute Gasteiger partial charge is 0.504 e. The Morgan fingerprint density at radius 2 is 1.67 bits per heavy atom. The second-order valence-corrected chi connectivity index (χ2v) is 13.1. The predicted octanol–water partition coefficient (Wildman–Crippen LogP) is 6.19. The van der Waals surface area contributed by atoms with Crippen molar-refractivity contribution in [2.45, 2.75) is 39.0 Å². The summed E-state index contributed by atoms with van der Waals surface area (Å²) in [6, 6.07) is 16.0. The Labute approximate surface area is 270 Å². The maximum absolute atomic E-state index is 14.5. The van der Waals surface area contributed by atoms with E-state index in [0.717, 1.165) is 28.5 Å². The lowest BCUT2D eigenvalue weighted by Crippen LogP contribution is -2.48. The van der Waals surface area contributed by atoms with Crippen LogP contribution in [-0.2, 0) is 25.6 Å². The molecule has 0 aromatic heterocycles. The molecule has 0 bridgehead atoms. The zero-order valence-corrected chi connectivity index (χ0v) is 26.3. The minimum atomic E-state index is -1.39. The van der Waals surface area contributed by atoms with Crippen LogP contribution in [0.15, 0.2) is 72.3 Å². The quantitative estimate of drug-likeness (QED) is 0.263. The molecule has 2 saturated heterocycles. The van der Waals surface area contributed by atoms with Crippen molar-refractivity contribution in [1.82, 2.24) is 0 Å². The minimum Gasteiger partial charge on any atom is -0.504 e. The van der Waals surface area contributed by atoms with Crippen molar-refractivity contribution in [3.63, 3.8) is 0 Å². The zero-order valence-electron chi connectivity index (χ0n) is 25.5. The van der Waals surface area contributed by atoms with Crippen molar-refractivity contribution in [1.29, 1.82) is 0 Å². The maximum Gasteiger partial charge on any atom is 0.241 e. The average Bonchev–Trinajstić information content (AvgIpc) is 3.42. The van der Waals surface area contributed by atoms with Gasteiger partial charge in [0.2, 0.25) is 23.6 Å². The molecular weight excluding hydrogens is 611 g/mol. The number of fused-ring (bicyclic) bond motifs is 4. The molecule has 236 valence electrons. The van der Waals surface area contributed by atoms with Gasteiger partial charge in [-0.1, -0.05) is 54.4 Å². The Morgan fingerprint density at radius 1 is 0.957 bits per heavy atom. The first-order valence-corrected chi connectivity index (χ1v) is 15.8. The molecule has 8 nitrogen and oxygen atoms in total. The van der Waals surface area contributed by atoms with Gasteiger partial charge < -0.3 is 9.84 Å². The van der Waals surface area contributed by atoms with E-state index in [1.165, 1.54) is 24.1 Å². The number of hydrogen-bond acceptors (Lipinski definition) is 6. The monoisotopic (exact) mass is 642 g/mol. The molecule has 2 heterocycles. The lowest BCUT2D eigenvalue weighted by molar-refractivity contribution is -0.131. The van der Waals surface area contributed by atoms with Crippen molar-refractivity contribution in [3.8, 4) is 11.5 Å². The smallest absolute Gasteiger partial charge is 0.241 e. The van der Waals surface area contributed by atoms with Crippen molar-refractivity contribution in [2.75, 3.05) is 16.9 Å². The van der Waals surface area contributed by atoms with E-state index in [9.17, 15) is 28.7 Å². The van der Waals surface area contributed by atoms with E-state index in [2.05, 4.69) is 0 Å². The van der Waals surface area contributed by atoms with Gasteiger partial charge in [-0.3, -0.25) is 24.1 Å². The number of carbonyl (C=O) groups is 4. The summed E-state index contributed by atoms with van der Waals surface area (Å²) in [5.74, 6) is -6.01. The third kappa shape index (κ3) is 4.10. The van der Waals surface area contributed by atoms with E-state index in [0.29, 0.717) is 11.3 Å². The van der Waals surface area contributed by atoms with Crippen LogP contribution in [0.25, 0.3) is 0 Å². The van der Waals surface area contributed by atoms with Crippen LogP contribution in [0, 0.1) is 34.9 Å². The molecule has 7 rings (SSSR count). The normalized spacial score (nSPS) is 28.6.